The number of ketones is 1. The predicted octanol–water partition coefficient (Wildman–Crippen LogP) is 6.57. The molecule has 0 amide bonds. The Morgan fingerprint density at radius 2 is 1.83 bits per heavy atom. The summed E-state index contributed by atoms with van der Waals surface area (Å²) < 4.78 is 45.1. The molecule has 41 heavy (non-hydrogen) atoms. The number of sulfone groups is 1. The Morgan fingerprint density at radius 3 is 2.51 bits per heavy atom. The fourth-order valence-corrected chi connectivity index (χ4v) is 7.52. The molecule has 0 radical (unpaired) electrons. The van der Waals surface area contributed by atoms with Crippen LogP contribution in [0.1, 0.15) is 56.6 Å². The molecule has 3 fully saturated rings. The molecule has 2 heterocycles. The monoisotopic (exact) mass is 595 g/mol. The molecule has 0 bridgehead atoms. The van der Waals surface area contributed by atoms with Crippen molar-refractivity contribution in [3.05, 3.63) is 59.1 Å². The number of carbonyl (C=O) groups excluding carboxylic acids is 1. The Kier molecular flexibility index (Phi) is 7.41. The molecule has 6 rings (SSSR count). The molecule has 0 spiro atoms. The Labute approximate surface area is 244 Å². The maximum Gasteiger partial charge on any atom is 0.229 e. The van der Waals surface area contributed by atoms with Crippen LogP contribution >= 0.6 is 11.6 Å². The number of aromatic nitrogens is 1. The quantitative estimate of drug-likeness (QED) is 0.304. The van der Waals surface area contributed by atoms with E-state index in [1.54, 1.807) is 12.1 Å². The van der Waals surface area contributed by atoms with E-state index in [4.69, 9.17) is 21.0 Å². The van der Waals surface area contributed by atoms with Gasteiger partial charge in [-0.05, 0) is 49.9 Å². The van der Waals surface area contributed by atoms with Crippen molar-refractivity contribution in [1.29, 1.82) is 5.26 Å². The van der Waals surface area contributed by atoms with Crippen molar-refractivity contribution < 1.29 is 22.0 Å². The van der Waals surface area contributed by atoms with Gasteiger partial charge in [-0.3, -0.25) is 4.79 Å². The summed E-state index contributed by atoms with van der Waals surface area (Å²) >= 11 is 6.07. The molecule has 0 N–H and O–H groups in total. The van der Waals surface area contributed by atoms with E-state index in [0.29, 0.717) is 31.0 Å². The Morgan fingerprint density at radius 1 is 1.12 bits per heavy atom. The largest absolute Gasteiger partial charge is 0.440 e. The number of oxazole rings is 1. The molecule has 2 aromatic carbocycles. The van der Waals surface area contributed by atoms with Crippen LogP contribution < -0.4 is 4.90 Å². The number of benzene rings is 2. The van der Waals surface area contributed by atoms with Gasteiger partial charge in [-0.15, -0.1) is 0 Å². The number of halogens is 2. The highest BCUT2D eigenvalue weighted by molar-refractivity contribution is 7.91. The topological polar surface area (TPSA) is 104 Å². The fraction of sp³-hybridized carbons (Fsp3) is 0.452. The molecule has 2 aliphatic carbocycles. The number of rotatable bonds is 7. The van der Waals surface area contributed by atoms with Crippen LogP contribution in [0.5, 0.6) is 0 Å². The third-order valence-corrected chi connectivity index (χ3v) is 10.7. The molecular weight excluding hydrogens is 565 g/mol. The number of anilines is 1. The van der Waals surface area contributed by atoms with Crippen LogP contribution in [0.3, 0.4) is 0 Å². The van der Waals surface area contributed by atoms with Gasteiger partial charge in [0.05, 0.1) is 33.6 Å². The first-order valence-corrected chi connectivity index (χ1v) is 16.3. The molecular formula is C31H31ClFN3O4S. The van der Waals surface area contributed by atoms with E-state index < -0.39 is 21.1 Å². The Hall–Kier alpha value is -3.22. The van der Waals surface area contributed by atoms with Gasteiger partial charge in [-0.1, -0.05) is 42.6 Å². The summed E-state index contributed by atoms with van der Waals surface area (Å²) in [6.45, 7) is 0.871. The SMILES string of the molecule is N#CC1(CC(=O)[C@@H]2CCCC[C@H]2c2oc(-c3cccc(Cl)c3F)nc2-c2ccc(N3CCS(=O)(=O)CC3)cc2)CC1. The third-order valence-electron chi connectivity index (χ3n) is 8.81. The first-order chi connectivity index (χ1) is 19.7. The lowest BCUT2D eigenvalue weighted by Crippen LogP contribution is -2.40. The van der Waals surface area contributed by atoms with E-state index in [1.807, 2.05) is 29.2 Å². The number of carbonyl (C=O) groups is 1. The van der Waals surface area contributed by atoms with Gasteiger partial charge in [-0.25, -0.2) is 17.8 Å². The lowest BCUT2D eigenvalue weighted by Gasteiger charge is -2.30. The van der Waals surface area contributed by atoms with E-state index in [1.165, 1.54) is 6.07 Å². The van der Waals surface area contributed by atoms with E-state index in [2.05, 4.69) is 6.07 Å². The molecule has 1 saturated heterocycles. The standard InChI is InChI=1S/C31H31ClFN3O4S/c32-25-7-3-6-24(27(25)33)30-35-28(20-8-10-21(11-9-20)36-14-16-41(38,39)17-15-36)29(40-30)23-5-2-1-4-22(23)26(37)18-31(19-34)12-13-31/h3,6-11,22-23H,1-2,4-5,12-18H2/t22-,23-/m1/s1. The molecule has 3 aromatic rings. The smallest absolute Gasteiger partial charge is 0.229 e. The molecule has 214 valence electrons. The second-order valence-corrected chi connectivity index (χ2v) is 14.3. The summed E-state index contributed by atoms with van der Waals surface area (Å²) in [5.74, 6) is -0.165. The van der Waals surface area contributed by atoms with Crippen molar-refractivity contribution in [2.45, 2.75) is 50.9 Å². The average molecular weight is 596 g/mol. The highest BCUT2D eigenvalue weighted by Gasteiger charge is 2.47. The maximum absolute atomic E-state index is 15.1. The normalized spacial score (nSPS) is 23.1. The zero-order valence-corrected chi connectivity index (χ0v) is 24.2. The van der Waals surface area contributed by atoms with Crippen LogP contribution in [0.15, 0.2) is 46.9 Å². The van der Waals surface area contributed by atoms with Crippen LogP contribution in [0.25, 0.3) is 22.7 Å². The number of hydrogen-bond donors (Lipinski definition) is 0. The summed E-state index contributed by atoms with van der Waals surface area (Å²) in [4.78, 5) is 20.4. The first-order valence-electron chi connectivity index (χ1n) is 14.1. The summed E-state index contributed by atoms with van der Waals surface area (Å²) in [7, 11) is -2.99. The Balaban J connectivity index is 1.37. The van der Waals surface area contributed by atoms with Gasteiger partial charge >= 0.3 is 0 Å². The summed E-state index contributed by atoms with van der Waals surface area (Å²) in [6, 6.07) is 14.7. The van der Waals surface area contributed by atoms with Crippen LogP contribution in [-0.4, -0.2) is 43.8 Å². The van der Waals surface area contributed by atoms with Gasteiger partial charge in [0, 0.05) is 42.6 Å². The number of nitrogens with zero attached hydrogens (tertiary/aromatic N) is 3. The molecule has 0 unspecified atom stereocenters. The molecule has 3 aliphatic rings. The van der Waals surface area contributed by atoms with Gasteiger partial charge in [0.1, 0.15) is 17.2 Å². The minimum atomic E-state index is -2.99. The van der Waals surface area contributed by atoms with E-state index in [-0.39, 0.29) is 52.0 Å². The summed E-state index contributed by atoms with van der Waals surface area (Å²) in [5, 5.41) is 9.56. The summed E-state index contributed by atoms with van der Waals surface area (Å²) in [6.07, 6.45) is 5.06. The van der Waals surface area contributed by atoms with Crippen molar-refractivity contribution >= 4 is 32.9 Å². The minimum absolute atomic E-state index is 0.0337. The number of hydrogen-bond acceptors (Lipinski definition) is 7. The van der Waals surface area contributed by atoms with Gasteiger partial charge in [0.15, 0.2) is 15.7 Å². The predicted molar refractivity (Wildman–Crippen MR) is 155 cm³/mol. The van der Waals surface area contributed by atoms with Crippen LogP contribution in [-0.2, 0) is 14.6 Å². The van der Waals surface area contributed by atoms with Gasteiger partial charge in [0.2, 0.25) is 5.89 Å². The zero-order valence-electron chi connectivity index (χ0n) is 22.6. The van der Waals surface area contributed by atoms with Crippen LogP contribution in [0, 0.1) is 28.5 Å². The maximum atomic E-state index is 15.1. The van der Waals surface area contributed by atoms with E-state index in [9.17, 15) is 18.5 Å². The number of nitriles is 1. The van der Waals surface area contributed by atoms with Crippen LogP contribution in [0.2, 0.25) is 5.02 Å². The molecule has 1 aliphatic heterocycles. The van der Waals surface area contributed by atoms with E-state index >= 15 is 4.39 Å². The average Bonchev–Trinajstić information content (AvgIpc) is 3.61. The van der Waals surface area contributed by atoms with Crippen LogP contribution in [0.4, 0.5) is 10.1 Å². The molecule has 2 saturated carbocycles. The van der Waals surface area contributed by atoms with Gasteiger partial charge in [0.25, 0.3) is 0 Å². The van der Waals surface area contributed by atoms with Crippen molar-refractivity contribution in [1.82, 2.24) is 4.98 Å². The highest BCUT2D eigenvalue weighted by Crippen LogP contribution is 2.51. The van der Waals surface area contributed by atoms with Crippen molar-refractivity contribution in [2.75, 3.05) is 29.5 Å². The molecule has 2 atom stereocenters. The van der Waals surface area contributed by atoms with Crippen molar-refractivity contribution in [2.24, 2.45) is 11.3 Å². The lowest BCUT2D eigenvalue weighted by molar-refractivity contribution is -0.125. The lowest BCUT2D eigenvalue weighted by atomic mass is 9.73. The second-order valence-electron chi connectivity index (χ2n) is 11.6. The fourth-order valence-electron chi connectivity index (χ4n) is 6.15. The van der Waals surface area contributed by atoms with Gasteiger partial charge in [-0.2, -0.15) is 5.26 Å². The minimum Gasteiger partial charge on any atom is -0.440 e. The van der Waals surface area contributed by atoms with Crippen molar-refractivity contribution in [3.8, 4) is 28.8 Å². The van der Waals surface area contributed by atoms with Crippen molar-refractivity contribution in [3.63, 3.8) is 0 Å². The Bertz CT molecular complexity index is 1610. The van der Waals surface area contributed by atoms with E-state index in [0.717, 1.165) is 43.4 Å². The number of Topliss-reactive ketones (excluding diaryl/α,β-unsaturated/α-hetero) is 1. The molecule has 1 aromatic heterocycles. The highest BCUT2D eigenvalue weighted by atomic mass is 35.5. The molecule has 7 nitrogen and oxygen atoms in total. The van der Waals surface area contributed by atoms with Gasteiger partial charge < -0.3 is 9.32 Å². The summed E-state index contributed by atoms with van der Waals surface area (Å²) in [5.41, 5.74) is 1.85. The second kappa shape index (κ2) is 10.9. The first kappa shape index (κ1) is 27.9. The zero-order chi connectivity index (χ0) is 28.8. The molecule has 10 heteroatoms. The third kappa shape index (κ3) is 5.64.